The number of hydrogen-bond acceptors (Lipinski definition) is 4. The lowest BCUT2D eigenvalue weighted by atomic mass is 10.2. The highest BCUT2D eigenvalue weighted by Crippen LogP contribution is 2.20. The topological polar surface area (TPSA) is 63.2 Å². The lowest BCUT2D eigenvalue weighted by Gasteiger charge is -2.10. The van der Waals surface area contributed by atoms with Gasteiger partial charge in [-0.25, -0.2) is 0 Å². The Morgan fingerprint density at radius 1 is 1.30 bits per heavy atom. The summed E-state index contributed by atoms with van der Waals surface area (Å²) in [5.41, 5.74) is 2.95. The van der Waals surface area contributed by atoms with Gasteiger partial charge in [-0.3, -0.25) is 9.78 Å². The number of benzene rings is 1. The van der Waals surface area contributed by atoms with Crippen molar-refractivity contribution in [2.45, 2.75) is 13.3 Å². The number of carbonyl (C=O) groups is 1. The number of aryl methyl sites for hydroxylation is 1. The summed E-state index contributed by atoms with van der Waals surface area (Å²) in [6.07, 6.45) is 4.12. The first-order valence-electron chi connectivity index (χ1n) is 7.35. The molecule has 0 atom stereocenters. The molecule has 122 valence electrons. The van der Waals surface area contributed by atoms with Crippen LogP contribution in [0.25, 0.3) is 0 Å². The normalized spacial score (nSPS) is 10.4. The number of pyridine rings is 1. The molecule has 0 bridgehead atoms. The number of rotatable bonds is 7. The fraction of sp³-hybridized carbons (Fsp3) is 0.294. The largest absolute Gasteiger partial charge is 0.385 e. The van der Waals surface area contributed by atoms with Gasteiger partial charge in [-0.1, -0.05) is 11.6 Å². The minimum atomic E-state index is -0.205. The zero-order valence-electron chi connectivity index (χ0n) is 13.2. The third kappa shape index (κ3) is 5.23. The van der Waals surface area contributed by atoms with Gasteiger partial charge >= 0.3 is 0 Å². The third-order valence-corrected chi connectivity index (χ3v) is 3.53. The molecule has 0 unspecified atom stereocenters. The highest BCUT2D eigenvalue weighted by Gasteiger charge is 2.09. The van der Waals surface area contributed by atoms with Crippen molar-refractivity contribution in [1.82, 2.24) is 4.98 Å². The van der Waals surface area contributed by atoms with Gasteiger partial charge in [-0.05, 0) is 43.2 Å². The fourth-order valence-electron chi connectivity index (χ4n) is 2.07. The zero-order chi connectivity index (χ0) is 16.7. The molecule has 1 aromatic carbocycles. The molecule has 0 aliphatic carbocycles. The van der Waals surface area contributed by atoms with Crippen molar-refractivity contribution in [2.24, 2.45) is 0 Å². The quantitative estimate of drug-likeness (QED) is 0.758. The Bertz CT molecular complexity index is 677. The summed E-state index contributed by atoms with van der Waals surface area (Å²) in [5, 5.41) is 6.73. The maximum Gasteiger partial charge on any atom is 0.257 e. The van der Waals surface area contributed by atoms with Crippen molar-refractivity contribution in [1.29, 1.82) is 0 Å². The first-order valence-corrected chi connectivity index (χ1v) is 7.73. The van der Waals surface area contributed by atoms with Crippen LogP contribution in [0.5, 0.6) is 0 Å². The van der Waals surface area contributed by atoms with Crippen LogP contribution in [0.15, 0.2) is 36.7 Å². The molecule has 5 nitrogen and oxygen atoms in total. The van der Waals surface area contributed by atoms with Gasteiger partial charge in [0.2, 0.25) is 0 Å². The molecular weight excluding hydrogens is 314 g/mol. The summed E-state index contributed by atoms with van der Waals surface area (Å²) in [6, 6.07) is 7.12. The van der Waals surface area contributed by atoms with E-state index in [0.717, 1.165) is 29.9 Å². The fourth-order valence-corrected chi connectivity index (χ4v) is 2.30. The monoisotopic (exact) mass is 333 g/mol. The van der Waals surface area contributed by atoms with Gasteiger partial charge in [0.1, 0.15) is 0 Å². The molecule has 0 spiro atoms. The predicted molar refractivity (Wildman–Crippen MR) is 93.4 cm³/mol. The second-order valence-corrected chi connectivity index (χ2v) is 5.59. The Balaban J connectivity index is 2.01. The molecule has 0 aliphatic rings. The van der Waals surface area contributed by atoms with E-state index >= 15 is 0 Å². The number of aromatic nitrogens is 1. The molecule has 0 saturated carbocycles. The highest BCUT2D eigenvalue weighted by molar-refractivity contribution is 6.30. The molecule has 0 saturated heterocycles. The first kappa shape index (κ1) is 17.2. The lowest BCUT2D eigenvalue weighted by Crippen LogP contribution is -2.14. The number of ether oxygens (including phenoxy) is 1. The Labute approximate surface area is 141 Å². The van der Waals surface area contributed by atoms with E-state index in [-0.39, 0.29) is 5.91 Å². The van der Waals surface area contributed by atoms with Crippen LogP contribution in [0.1, 0.15) is 22.3 Å². The first-order chi connectivity index (χ1) is 11.1. The minimum Gasteiger partial charge on any atom is -0.385 e. The van der Waals surface area contributed by atoms with Crippen molar-refractivity contribution in [2.75, 3.05) is 30.9 Å². The summed E-state index contributed by atoms with van der Waals surface area (Å²) in [6.45, 7) is 3.35. The van der Waals surface area contributed by atoms with Crippen molar-refractivity contribution in [3.8, 4) is 0 Å². The minimum absolute atomic E-state index is 0.205. The van der Waals surface area contributed by atoms with E-state index < -0.39 is 0 Å². The average molecular weight is 334 g/mol. The van der Waals surface area contributed by atoms with E-state index in [1.165, 1.54) is 0 Å². The average Bonchev–Trinajstić information content (AvgIpc) is 2.54. The maximum atomic E-state index is 12.3. The molecule has 2 rings (SSSR count). The summed E-state index contributed by atoms with van der Waals surface area (Å²) in [4.78, 5) is 16.5. The number of nitrogens with zero attached hydrogens (tertiary/aromatic N) is 1. The Morgan fingerprint density at radius 3 is 2.87 bits per heavy atom. The van der Waals surface area contributed by atoms with Gasteiger partial charge in [0.05, 0.1) is 11.3 Å². The number of amides is 1. The van der Waals surface area contributed by atoms with Gasteiger partial charge in [-0.15, -0.1) is 0 Å². The summed E-state index contributed by atoms with van der Waals surface area (Å²) in [7, 11) is 1.67. The maximum absolute atomic E-state index is 12.3. The number of carbonyl (C=O) groups excluding carboxylic acids is 1. The molecule has 0 fully saturated rings. The second-order valence-electron chi connectivity index (χ2n) is 5.15. The van der Waals surface area contributed by atoms with Crippen molar-refractivity contribution in [3.05, 3.63) is 52.8 Å². The van der Waals surface area contributed by atoms with Gasteiger partial charge in [0, 0.05) is 43.4 Å². The van der Waals surface area contributed by atoms with E-state index in [1.54, 1.807) is 37.7 Å². The van der Waals surface area contributed by atoms with E-state index in [4.69, 9.17) is 16.3 Å². The summed E-state index contributed by atoms with van der Waals surface area (Å²) < 4.78 is 5.00. The van der Waals surface area contributed by atoms with Crippen molar-refractivity contribution >= 4 is 28.9 Å². The smallest absolute Gasteiger partial charge is 0.257 e. The molecular formula is C17H20ClN3O2. The number of halogens is 1. The van der Waals surface area contributed by atoms with E-state index in [1.807, 2.05) is 13.0 Å². The standard InChI is InChI=1S/C17H20ClN3O2/c1-12-8-14(18)4-5-16(12)21-17(22)13-9-15(11-19-10-13)20-6-3-7-23-2/h4-5,8-11,20H,3,6-7H2,1-2H3,(H,21,22). The molecule has 0 radical (unpaired) electrons. The van der Waals surface area contributed by atoms with Gasteiger partial charge < -0.3 is 15.4 Å². The zero-order valence-corrected chi connectivity index (χ0v) is 14.0. The van der Waals surface area contributed by atoms with Crippen molar-refractivity contribution < 1.29 is 9.53 Å². The summed E-state index contributed by atoms with van der Waals surface area (Å²) >= 11 is 5.92. The van der Waals surface area contributed by atoms with E-state index in [2.05, 4.69) is 15.6 Å². The molecule has 1 heterocycles. The molecule has 1 amide bonds. The van der Waals surface area contributed by atoms with Crippen LogP contribution in [0.4, 0.5) is 11.4 Å². The van der Waals surface area contributed by atoms with Crippen molar-refractivity contribution in [3.63, 3.8) is 0 Å². The van der Waals surface area contributed by atoms with Gasteiger partial charge in [0.15, 0.2) is 0 Å². The molecule has 0 aliphatic heterocycles. The predicted octanol–water partition coefficient (Wildman–Crippen LogP) is 3.74. The van der Waals surface area contributed by atoms with Crippen LogP contribution in [0.2, 0.25) is 5.02 Å². The molecule has 1 aromatic heterocycles. The Morgan fingerprint density at radius 2 is 2.13 bits per heavy atom. The van der Waals surface area contributed by atoms with Crippen LogP contribution in [-0.2, 0) is 4.74 Å². The van der Waals surface area contributed by atoms with Crippen LogP contribution in [0.3, 0.4) is 0 Å². The molecule has 6 heteroatoms. The van der Waals surface area contributed by atoms with Crippen LogP contribution < -0.4 is 10.6 Å². The molecule has 2 N–H and O–H groups in total. The molecule has 2 aromatic rings. The number of nitrogens with one attached hydrogen (secondary N) is 2. The lowest BCUT2D eigenvalue weighted by molar-refractivity contribution is 0.102. The van der Waals surface area contributed by atoms with E-state index in [9.17, 15) is 4.79 Å². The van der Waals surface area contributed by atoms with Crippen LogP contribution in [0, 0.1) is 6.92 Å². The third-order valence-electron chi connectivity index (χ3n) is 3.29. The Kier molecular flexibility index (Phi) is 6.38. The number of hydrogen-bond donors (Lipinski definition) is 2. The van der Waals surface area contributed by atoms with E-state index in [0.29, 0.717) is 17.2 Å². The van der Waals surface area contributed by atoms with Crippen LogP contribution >= 0.6 is 11.6 Å². The SMILES string of the molecule is COCCCNc1cncc(C(=O)Nc2ccc(Cl)cc2C)c1. The summed E-state index contributed by atoms with van der Waals surface area (Å²) in [5.74, 6) is -0.205. The molecule has 23 heavy (non-hydrogen) atoms. The highest BCUT2D eigenvalue weighted by atomic mass is 35.5. The van der Waals surface area contributed by atoms with Gasteiger partial charge in [0.25, 0.3) is 5.91 Å². The number of methoxy groups -OCH3 is 1. The Hall–Kier alpha value is -2.11. The number of anilines is 2. The van der Waals surface area contributed by atoms with Gasteiger partial charge in [-0.2, -0.15) is 0 Å². The van der Waals surface area contributed by atoms with Crippen LogP contribution in [-0.4, -0.2) is 31.2 Å². The second kappa shape index (κ2) is 8.50.